The molecule has 0 spiro atoms. The highest BCUT2D eigenvalue weighted by molar-refractivity contribution is 5.65. The van der Waals surface area contributed by atoms with E-state index >= 15 is 0 Å². The first-order valence-corrected chi connectivity index (χ1v) is 10.8. The van der Waals surface area contributed by atoms with E-state index < -0.39 is 0 Å². The van der Waals surface area contributed by atoms with Crippen molar-refractivity contribution in [3.8, 4) is 11.6 Å². The molecule has 0 fully saturated rings. The first kappa shape index (κ1) is 28.6. The molecule has 6 nitrogen and oxygen atoms in total. The van der Waals surface area contributed by atoms with Crippen LogP contribution in [0.15, 0.2) is 65.5 Å². The van der Waals surface area contributed by atoms with E-state index in [0.29, 0.717) is 23.9 Å². The van der Waals surface area contributed by atoms with Crippen LogP contribution in [0.1, 0.15) is 51.6 Å². The molecule has 0 N–H and O–H groups in total. The predicted molar refractivity (Wildman–Crippen MR) is 130 cm³/mol. The summed E-state index contributed by atoms with van der Waals surface area (Å²) in [4.78, 5) is 26.7. The van der Waals surface area contributed by atoms with Crippen LogP contribution in [-0.4, -0.2) is 22.6 Å². The molecule has 0 bridgehead atoms. The van der Waals surface area contributed by atoms with E-state index in [4.69, 9.17) is 4.74 Å². The Labute approximate surface area is 191 Å². The highest BCUT2D eigenvalue weighted by Crippen LogP contribution is 2.16. The minimum Gasteiger partial charge on any atom is -0.472 e. The van der Waals surface area contributed by atoms with Crippen LogP contribution in [0.4, 0.5) is 0 Å². The number of carbonyl (C=O) groups excluding carboxylic acids is 1. The number of hydrogen-bond donors (Lipinski definition) is 0. The van der Waals surface area contributed by atoms with Crippen LogP contribution in [-0.2, 0) is 16.1 Å². The van der Waals surface area contributed by atoms with Gasteiger partial charge in [0, 0.05) is 6.92 Å². The molecule has 2 aromatic carbocycles. The van der Waals surface area contributed by atoms with Crippen LogP contribution in [0.2, 0.25) is 0 Å². The van der Waals surface area contributed by atoms with E-state index in [-0.39, 0.29) is 11.5 Å². The third-order valence-electron chi connectivity index (χ3n) is 3.95. The number of methoxy groups -OCH3 is 1. The van der Waals surface area contributed by atoms with E-state index in [1.54, 1.807) is 11.5 Å². The molecule has 32 heavy (non-hydrogen) atoms. The molecule has 0 amide bonds. The maximum Gasteiger partial charge on any atom is 0.302 e. The molecule has 1 aromatic heterocycles. The SMILES string of the molecule is CC.CC.COC(C)=O.Cc1c(OCc2ccccc2)nc(C)n(-c2ccccc2)c1=O. The van der Waals surface area contributed by atoms with Crippen molar-refractivity contribution < 1.29 is 14.3 Å². The second kappa shape index (κ2) is 16.3. The number of rotatable bonds is 4. The van der Waals surface area contributed by atoms with Gasteiger partial charge in [-0.1, -0.05) is 76.2 Å². The van der Waals surface area contributed by atoms with Crippen molar-refractivity contribution in [1.29, 1.82) is 0 Å². The van der Waals surface area contributed by atoms with E-state index in [1.165, 1.54) is 14.0 Å². The molecule has 1 heterocycles. The molecular weight excluding hydrogens is 404 g/mol. The van der Waals surface area contributed by atoms with Gasteiger partial charge in [0.25, 0.3) is 5.56 Å². The fourth-order valence-corrected chi connectivity index (χ4v) is 2.43. The van der Waals surface area contributed by atoms with Crippen LogP contribution in [0.3, 0.4) is 0 Å². The molecule has 6 heteroatoms. The number of ether oxygens (including phenoxy) is 2. The molecule has 0 aliphatic carbocycles. The number of benzene rings is 2. The monoisotopic (exact) mass is 440 g/mol. The van der Waals surface area contributed by atoms with E-state index in [2.05, 4.69) is 9.72 Å². The number of aryl methyl sites for hydroxylation is 1. The Bertz CT molecular complexity index is 968. The summed E-state index contributed by atoms with van der Waals surface area (Å²) in [7, 11) is 1.35. The molecule has 0 aliphatic rings. The summed E-state index contributed by atoms with van der Waals surface area (Å²) in [5.74, 6) is 0.753. The summed E-state index contributed by atoms with van der Waals surface area (Å²) in [6, 6.07) is 19.3. The van der Waals surface area contributed by atoms with Gasteiger partial charge in [-0.2, -0.15) is 4.98 Å². The van der Waals surface area contributed by atoms with Gasteiger partial charge < -0.3 is 9.47 Å². The number of esters is 1. The van der Waals surface area contributed by atoms with Crippen molar-refractivity contribution in [2.75, 3.05) is 7.11 Å². The number of aromatic nitrogens is 2. The van der Waals surface area contributed by atoms with Crippen LogP contribution in [0.5, 0.6) is 5.88 Å². The van der Waals surface area contributed by atoms with Gasteiger partial charge in [-0.15, -0.1) is 0 Å². The van der Waals surface area contributed by atoms with Crippen molar-refractivity contribution >= 4 is 5.97 Å². The van der Waals surface area contributed by atoms with Gasteiger partial charge in [0.05, 0.1) is 18.4 Å². The van der Waals surface area contributed by atoms with Gasteiger partial charge in [0.2, 0.25) is 5.88 Å². The third-order valence-corrected chi connectivity index (χ3v) is 3.95. The summed E-state index contributed by atoms with van der Waals surface area (Å²) in [5, 5.41) is 0. The van der Waals surface area contributed by atoms with Crippen molar-refractivity contribution in [3.05, 3.63) is 88.0 Å². The lowest BCUT2D eigenvalue weighted by Gasteiger charge is -2.14. The molecule has 174 valence electrons. The van der Waals surface area contributed by atoms with Crippen LogP contribution in [0.25, 0.3) is 5.69 Å². The standard InChI is InChI=1S/C19H18N2O2.C3H6O2.2C2H6/c1-14-18(23-13-16-9-5-3-6-10-16)20-15(2)21(19(14)22)17-11-7-4-8-12-17;1-3(4)5-2;2*1-2/h3-12H,13H2,1-2H3;1-2H3;2*1-2H3. The average molecular weight is 441 g/mol. The molecule has 3 rings (SSSR count). The Hall–Kier alpha value is -3.41. The van der Waals surface area contributed by atoms with Crippen molar-refractivity contribution in [3.63, 3.8) is 0 Å². The zero-order valence-corrected chi connectivity index (χ0v) is 20.5. The van der Waals surface area contributed by atoms with Gasteiger partial charge >= 0.3 is 5.97 Å². The van der Waals surface area contributed by atoms with E-state index in [9.17, 15) is 9.59 Å². The normalized spacial score (nSPS) is 9.00. The maximum atomic E-state index is 12.7. The van der Waals surface area contributed by atoms with Gasteiger partial charge in [-0.25, -0.2) is 0 Å². The number of carbonyl (C=O) groups is 1. The predicted octanol–water partition coefficient (Wildman–Crippen LogP) is 5.66. The molecular formula is C26H36N2O4. The Balaban J connectivity index is 0.000000928. The second-order valence-corrected chi connectivity index (χ2v) is 6.04. The van der Waals surface area contributed by atoms with Gasteiger partial charge in [-0.3, -0.25) is 14.2 Å². The molecule has 0 radical (unpaired) electrons. The molecule has 0 atom stereocenters. The lowest BCUT2D eigenvalue weighted by atomic mass is 10.2. The van der Waals surface area contributed by atoms with Crippen molar-refractivity contribution in [1.82, 2.24) is 9.55 Å². The smallest absolute Gasteiger partial charge is 0.302 e. The molecule has 0 aliphatic heterocycles. The minimum atomic E-state index is -0.245. The fourth-order valence-electron chi connectivity index (χ4n) is 2.43. The van der Waals surface area contributed by atoms with Crippen molar-refractivity contribution in [2.45, 2.75) is 55.1 Å². The van der Waals surface area contributed by atoms with Gasteiger partial charge in [-0.05, 0) is 31.5 Å². The van der Waals surface area contributed by atoms with Crippen LogP contribution < -0.4 is 10.3 Å². The zero-order valence-electron chi connectivity index (χ0n) is 20.5. The topological polar surface area (TPSA) is 70.4 Å². The molecule has 0 saturated heterocycles. The highest BCUT2D eigenvalue weighted by Gasteiger charge is 2.13. The first-order valence-electron chi connectivity index (χ1n) is 10.8. The molecule has 3 aromatic rings. The zero-order chi connectivity index (χ0) is 24.5. The minimum absolute atomic E-state index is 0.105. The summed E-state index contributed by atoms with van der Waals surface area (Å²) < 4.78 is 11.5. The third kappa shape index (κ3) is 9.16. The second-order valence-electron chi connectivity index (χ2n) is 6.04. The van der Waals surface area contributed by atoms with Gasteiger partial charge in [0.15, 0.2) is 0 Å². The summed E-state index contributed by atoms with van der Waals surface area (Å²) in [6.07, 6.45) is 0. The lowest BCUT2D eigenvalue weighted by molar-refractivity contribution is -0.137. The first-order chi connectivity index (χ1) is 15.4. The summed E-state index contributed by atoms with van der Waals surface area (Å²) in [6.45, 7) is 13.3. The van der Waals surface area contributed by atoms with Crippen LogP contribution >= 0.6 is 0 Å². The van der Waals surface area contributed by atoms with E-state index in [1.807, 2.05) is 95.3 Å². The van der Waals surface area contributed by atoms with Crippen molar-refractivity contribution in [2.24, 2.45) is 0 Å². The molecule has 0 saturated carbocycles. The largest absolute Gasteiger partial charge is 0.472 e. The summed E-state index contributed by atoms with van der Waals surface area (Å²) in [5.41, 5.74) is 2.25. The quantitative estimate of drug-likeness (QED) is 0.490. The van der Waals surface area contributed by atoms with Gasteiger partial charge in [0.1, 0.15) is 12.4 Å². The lowest BCUT2D eigenvalue weighted by Crippen LogP contribution is -2.25. The maximum absolute atomic E-state index is 12.7. The fraction of sp³-hybridized carbons (Fsp3) is 0.346. The highest BCUT2D eigenvalue weighted by atomic mass is 16.5. The average Bonchev–Trinajstić information content (AvgIpc) is 2.85. The Morgan fingerprint density at radius 3 is 1.84 bits per heavy atom. The number of para-hydroxylation sites is 1. The Morgan fingerprint density at radius 2 is 1.38 bits per heavy atom. The van der Waals surface area contributed by atoms with E-state index in [0.717, 1.165) is 11.3 Å². The van der Waals surface area contributed by atoms with Crippen LogP contribution in [0, 0.1) is 13.8 Å². The molecule has 0 unspecified atom stereocenters. The number of hydrogen-bond acceptors (Lipinski definition) is 5. The number of nitrogens with zero attached hydrogens (tertiary/aromatic N) is 2. The Kier molecular flexibility index (Phi) is 14.6. The summed E-state index contributed by atoms with van der Waals surface area (Å²) >= 11 is 0. The Morgan fingerprint density at radius 1 is 0.906 bits per heavy atom.